The molecular formula is C19H22ClN3O2S. The number of thiocarbonyl (C=S) groups is 1. The predicted octanol–water partition coefficient (Wildman–Crippen LogP) is 3.78. The van der Waals surface area contributed by atoms with Crippen LogP contribution in [0.3, 0.4) is 0 Å². The van der Waals surface area contributed by atoms with Crippen molar-refractivity contribution in [3.63, 3.8) is 0 Å². The van der Waals surface area contributed by atoms with Gasteiger partial charge in [-0.1, -0.05) is 23.7 Å². The molecule has 0 atom stereocenters. The zero-order valence-corrected chi connectivity index (χ0v) is 16.2. The number of anilines is 1. The summed E-state index contributed by atoms with van der Waals surface area (Å²) in [5.41, 5.74) is 1.88. The number of halogens is 1. The number of hydrogen-bond donors (Lipinski definition) is 2. The normalized spacial score (nSPS) is 15.9. The Morgan fingerprint density at radius 2 is 2.12 bits per heavy atom. The first-order valence-corrected chi connectivity index (χ1v) is 9.29. The molecule has 1 aliphatic heterocycles. The quantitative estimate of drug-likeness (QED) is 0.756. The molecule has 1 aromatic heterocycles. The van der Waals surface area contributed by atoms with Gasteiger partial charge in [0.05, 0.1) is 7.11 Å². The van der Waals surface area contributed by atoms with Gasteiger partial charge < -0.3 is 20.1 Å². The van der Waals surface area contributed by atoms with Gasteiger partial charge in [-0.2, -0.15) is 0 Å². The Morgan fingerprint density at radius 1 is 1.31 bits per heavy atom. The molecule has 0 saturated carbocycles. The molecule has 0 aliphatic carbocycles. The Hall–Kier alpha value is -1.89. The highest BCUT2D eigenvalue weighted by Crippen LogP contribution is 2.35. The molecular weight excluding hydrogens is 370 g/mol. The second kappa shape index (κ2) is 8.66. The van der Waals surface area contributed by atoms with Crippen LogP contribution >= 0.6 is 23.8 Å². The van der Waals surface area contributed by atoms with Crippen LogP contribution in [0.25, 0.3) is 0 Å². The minimum atomic E-state index is -0.0616. The Bertz CT molecular complexity index is 766. The predicted molar refractivity (Wildman–Crippen MR) is 108 cm³/mol. The van der Waals surface area contributed by atoms with Crippen molar-refractivity contribution in [2.24, 2.45) is 0 Å². The fourth-order valence-corrected chi connectivity index (χ4v) is 3.59. The third kappa shape index (κ3) is 4.44. The Balaban J connectivity index is 1.71. The molecule has 138 valence electrons. The maximum Gasteiger partial charge on any atom is 0.237 e. The molecule has 0 amide bonds. The average Bonchev–Trinajstić information content (AvgIpc) is 2.67. The lowest BCUT2D eigenvalue weighted by atomic mass is 9.74. The zero-order chi connectivity index (χ0) is 18.4. The van der Waals surface area contributed by atoms with Crippen LogP contribution in [-0.2, 0) is 10.2 Å². The zero-order valence-electron chi connectivity index (χ0n) is 14.6. The second-order valence-corrected chi connectivity index (χ2v) is 7.12. The highest BCUT2D eigenvalue weighted by atomic mass is 35.5. The van der Waals surface area contributed by atoms with Crippen LogP contribution in [0.15, 0.2) is 42.6 Å². The summed E-state index contributed by atoms with van der Waals surface area (Å²) in [5.74, 6) is 0.507. The minimum Gasteiger partial charge on any atom is -0.480 e. The van der Waals surface area contributed by atoms with Crippen molar-refractivity contribution >= 4 is 34.6 Å². The van der Waals surface area contributed by atoms with E-state index in [1.54, 1.807) is 13.3 Å². The van der Waals surface area contributed by atoms with Gasteiger partial charge in [-0.3, -0.25) is 0 Å². The largest absolute Gasteiger partial charge is 0.480 e. The fourth-order valence-electron chi connectivity index (χ4n) is 3.21. The lowest BCUT2D eigenvalue weighted by Gasteiger charge is -2.38. The summed E-state index contributed by atoms with van der Waals surface area (Å²) >= 11 is 11.7. The number of ether oxygens (including phenoxy) is 2. The van der Waals surface area contributed by atoms with E-state index in [2.05, 4.69) is 21.7 Å². The first-order valence-electron chi connectivity index (χ1n) is 8.51. The number of aromatic nitrogens is 1. The third-order valence-corrected chi connectivity index (χ3v) is 5.17. The van der Waals surface area contributed by atoms with Gasteiger partial charge >= 0.3 is 0 Å². The minimum absolute atomic E-state index is 0.0616. The van der Waals surface area contributed by atoms with Gasteiger partial charge in [0.25, 0.3) is 0 Å². The highest BCUT2D eigenvalue weighted by Gasteiger charge is 2.34. The maximum absolute atomic E-state index is 6.22. The molecule has 1 saturated heterocycles. The molecule has 5 nitrogen and oxygen atoms in total. The molecule has 2 aromatic rings. The lowest BCUT2D eigenvalue weighted by molar-refractivity contribution is 0.0515. The summed E-state index contributed by atoms with van der Waals surface area (Å²) in [6.07, 6.45) is 3.51. The van der Waals surface area contributed by atoms with Crippen LogP contribution in [0.5, 0.6) is 5.88 Å². The van der Waals surface area contributed by atoms with Gasteiger partial charge in [0.15, 0.2) is 5.11 Å². The molecule has 3 rings (SSSR count). The van der Waals surface area contributed by atoms with Crippen LogP contribution in [0.2, 0.25) is 5.02 Å². The molecule has 0 bridgehead atoms. The lowest BCUT2D eigenvalue weighted by Crippen LogP contribution is -2.45. The number of methoxy groups -OCH3 is 1. The van der Waals surface area contributed by atoms with Crippen molar-refractivity contribution in [1.29, 1.82) is 0 Å². The molecule has 0 spiro atoms. The van der Waals surface area contributed by atoms with E-state index < -0.39 is 0 Å². The molecule has 1 aromatic carbocycles. The van der Waals surface area contributed by atoms with Crippen LogP contribution < -0.4 is 15.4 Å². The van der Waals surface area contributed by atoms with E-state index in [0.717, 1.165) is 36.8 Å². The molecule has 2 N–H and O–H groups in total. The summed E-state index contributed by atoms with van der Waals surface area (Å²) in [5, 5.41) is 7.78. The van der Waals surface area contributed by atoms with Crippen molar-refractivity contribution in [3.05, 3.63) is 53.2 Å². The smallest absolute Gasteiger partial charge is 0.237 e. The van der Waals surface area contributed by atoms with E-state index in [1.807, 2.05) is 30.3 Å². The summed E-state index contributed by atoms with van der Waals surface area (Å²) < 4.78 is 10.8. The van der Waals surface area contributed by atoms with E-state index in [9.17, 15) is 0 Å². The first-order chi connectivity index (χ1) is 12.6. The number of benzene rings is 1. The summed E-state index contributed by atoms with van der Waals surface area (Å²) in [4.78, 5) is 4.17. The van der Waals surface area contributed by atoms with Crippen LogP contribution in [-0.4, -0.2) is 37.0 Å². The fraction of sp³-hybridized carbons (Fsp3) is 0.368. The number of rotatable bonds is 5. The highest BCUT2D eigenvalue weighted by molar-refractivity contribution is 7.80. The second-order valence-electron chi connectivity index (χ2n) is 6.27. The van der Waals surface area contributed by atoms with Gasteiger partial charge in [0, 0.05) is 36.4 Å². The van der Waals surface area contributed by atoms with Gasteiger partial charge in [-0.05, 0) is 54.9 Å². The monoisotopic (exact) mass is 391 g/mol. The van der Waals surface area contributed by atoms with Gasteiger partial charge in [0.2, 0.25) is 5.88 Å². The van der Waals surface area contributed by atoms with Gasteiger partial charge in [-0.25, -0.2) is 4.98 Å². The average molecular weight is 392 g/mol. The molecule has 0 unspecified atom stereocenters. The Kier molecular flexibility index (Phi) is 6.29. The maximum atomic E-state index is 6.22. The topological polar surface area (TPSA) is 55.4 Å². The standard InChI is InChI=1S/C19H22ClN3O2S/c1-24-17-16(6-3-9-21-17)23-18(26)22-13-19(7-10-25-11-8-19)14-4-2-5-15(20)12-14/h2-6,9,12H,7-8,10-11,13H2,1H3,(H2,22,23,26). The number of nitrogens with one attached hydrogen (secondary N) is 2. The van der Waals surface area contributed by atoms with Crippen LogP contribution in [0, 0.1) is 0 Å². The molecule has 1 fully saturated rings. The first kappa shape index (κ1) is 18.9. The SMILES string of the molecule is COc1ncccc1NC(=S)NCC1(c2cccc(Cl)c2)CCOCC1. The van der Waals surface area contributed by atoms with Gasteiger partial charge in [0.1, 0.15) is 5.69 Å². The van der Waals surface area contributed by atoms with E-state index in [0.29, 0.717) is 17.5 Å². The Morgan fingerprint density at radius 3 is 2.85 bits per heavy atom. The molecule has 1 aliphatic rings. The molecule has 0 radical (unpaired) electrons. The third-order valence-electron chi connectivity index (χ3n) is 4.69. The van der Waals surface area contributed by atoms with E-state index in [1.165, 1.54) is 5.56 Å². The number of nitrogens with zero attached hydrogens (tertiary/aromatic N) is 1. The van der Waals surface area contributed by atoms with Crippen LogP contribution in [0.1, 0.15) is 18.4 Å². The Labute approximate surface area is 164 Å². The summed E-state index contributed by atoms with van der Waals surface area (Å²) in [7, 11) is 1.58. The van der Waals surface area contributed by atoms with Crippen molar-refractivity contribution in [2.75, 3.05) is 32.2 Å². The molecule has 2 heterocycles. The van der Waals surface area contributed by atoms with E-state index >= 15 is 0 Å². The van der Waals surface area contributed by atoms with E-state index in [4.69, 9.17) is 33.3 Å². The molecule has 26 heavy (non-hydrogen) atoms. The van der Waals surface area contributed by atoms with Gasteiger partial charge in [-0.15, -0.1) is 0 Å². The van der Waals surface area contributed by atoms with Crippen molar-refractivity contribution < 1.29 is 9.47 Å². The van der Waals surface area contributed by atoms with Crippen molar-refractivity contribution in [2.45, 2.75) is 18.3 Å². The van der Waals surface area contributed by atoms with E-state index in [-0.39, 0.29) is 5.41 Å². The van der Waals surface area contributed by atoms with Crippen molar-refractivity contribution in [3.8, 4) is 5.88 Å². The molecule has 7 heteroatoms. The summed E-state index contributed by atoms with van der Waals surface area (Å²) in [6, 6.07) is 11.8. The van der Waals surface area contributed by atoms with Crippen molar-refractivity contribution in [1.82, 2.24) is 10.3 Å². The number of hydrogen-bond acceptors (Lipinski definition) is 4. The summed E-state index contributed by atoms with van der Waals surface area (Å²) in [6.45, 7) is 2.15. The number of pyridine rings is 1. The van der Waals surface area contributed by atoms with Crippen LogP contribution in [0.4, 0.5) is 5.69 Å².